The molecular formula is C63H32N4O8. The van der Waals surface area contributed by atoms with Crippen molar-refractivity contribution >= 4 is 139 Å². The Labute approximate surface area is 422 Å². The summed E-state index contributed by atoms with van der Waals surface area (Å²) in [6, 6.07) is 45.0. The maximum atomic E-state index is 14.6. The van der Waals surface area contributed by atoms with E-state index in [4.69, 9.17) is 0 Å². The minimum absolute atomic E-state index is 0.0689. The van der Waals surface area contributed by atoms with Crippen molar-refractivity contribution in [2.24, 2.45) is 0 Å². The number of para-hydroxylation sites is 1. The van der Waals surface area contributed by atoms with E-state index in [0.29, 0.717) is 82.9 Å². The molecule has 0 spiro atoms. The van der Waals surface area contributed by atoms with Crippen LogP contribution in [0.2, 0.25) is 0 Å². The van der Waals surface area contributed by atoms with Gasteiger partial charge in [-0.05, 0) is 136 Å². The zero-order valence-corrected chi connectivity index (χ0v) is 39.4. The average molecular weight is 973 g/mol. The second-order valence-corrected chi connectivity index (χ2v) is 19.9. The van der Waals surface area contributed by atoms with Crippen LogP contribution in [0.4, 0.5) is 5.69 Å². The number of benzene rings is 12. The van der Waals surface area contributed by atoms with Crippen LogP contribution in [-0.4, -0.2) is 69.0 Å². The maximum Gasteiger partial charge on any atom is 0.265 e. The largest absolute Gasteiger partial charge is 0.277 e. The Balaban J connectivity index is 0.727. The first-order chi connectivity index (χ1) is 36.5. The van der Waals surface area contributed by atoms with Crippen LogP contribution in [0, 0.1) is 0 Å². The topological polar surface area (TPSA) is 150 Å². The van der Waals surface area contributed by atoms with Gasteiger partial charge >= 0.3 is 0 Å². The Morgan fingerprint density at radius 1 is 0.280 bits per heavy atom. The molecule has 12 nitrogen and oxygen atoms in total. The van der Waals surface area contributed by atoms with E-state index in [1.807, 2.05) is 54.6 Å². The number of rotatable bonds is 5. The van der Waals surface area contributed by atoms with Crippen molar-refractivity contribution in [2.45, 2.75) is 13.1 Å². The lowest BCUT2D eigenvalue weighted by atomic mass is 9.82. The summed E-state index contributed by atoms with van der Waals surface area (Å²) < 4.78 is 0. The number of hydrogen-bond acceptors (Lipinski definition) is 8. The molecule has 4 aliphatic heterocycles. The molecule has 12 heteroatoms. The van der Waals surface area contributed by atoms with Crippen LogP contribution in [0.15, 0.2) is 152 Å². The molecule has 0 aliphatic carbocycles. The fourth-order valence-corrected chi connectivity index (χ4v) is 13.0. The molecule has 352 valence electrons. The Bertz CT molecular complexity index is 4630. The molecule has 0 N–H and O–H groups in total. The lowest BCUT2D eigenvalue weighted by Gasteiger charge is -2.30. The van der Waals surface area contributed by atoms with Crippen LogP contribution in [-0.2, 0) is 13.1 Å². The maximum absolute atomic E-state index is 14.6. The Hall–Kier alpha value is -10.2. The minimum atomic E-state index is -0.467. The smallest absolute Gasteiger partial charge is 0.265 e. The van der Waals surface area contributed by atoms with Crippen molar-refractivity contribution < 1.29 is 38.4 Å². The molecule has 16 rings (SSSR count). The van der Waals surface area contributed by atoms with Gasteiger partial charge in [0, 0.05) is 73.1 Å². The van der Waals surface area contributed by atoms with Gasteiger partial charge in [0.25, 0.3) is 47.3 Å². The molecule has 4 heterocycles. The van der Waals surface area contributed by atoms with Crippen molar-refractivity contribution in [3.63, 3.8) is 0 Å². The van der Waals surface area contributed by atoms with Crippen LogP contribution in [0.5, 0.6) is 0 Å². The predicted octanol–water partition coefficient (Wildman–Crippen LogP) is 11.4. The molecule has 0 atom stereocenters. The van der Waals surface area contributed by atoms with Gasteiger partial charge in [-0.1, -0.05) is 91.0 Å². The van der Waals surface area contributed by atoms with Crippen molar-refractivity contribution in [1.82, 2.24) is 14.7 Å². The molecule has 8 amide bonds. The number of hydrogen-bond donors (Lipinski definition) is 0. The number of amides is 8. The average Bonchev–Trinajstić information content (AvgIpc) is 3.49. The summed E-state index contributed by atoms with van der Waals surface area (Å²) >= 11 is 0. The third kappa shape index (κ3) is 5.04. The van der Waals surface area contributed by atoms with Crippen molar-refractivity contribution in [3.05, 3.63) is 207 Å². The quantitative estimate of drug-likeness (QED) is 0.0940. The van der Waals surface area contributed by atoms with Gasteiger partial charge in [0.15, 0.2) is 0 Å². The van der Waals surface area contributed by atoms with Gasteiger partial charge in [-0.25, -0.2) is 4.90 Å². The van der Waals surface area contributed by atoms with Gasteiger partial charge in [0.2, 0.25) is 0 Å². The first kappa shape index (κ1) is 41.4. The lowest BCUT2D eigenvalue weighted by molar-refractivity contribution is 0.0586. The molecule has 12 aromatic carbocycles. The highest BCUT2D eigenvalue weighted by atomic mass is 16.2. The van der Waals surface area contributed by atoms with E-state index >= 15 is 0 Å². The van der Waals surface area contributed by atoms with E-state index in [1.165, 1.54) is 21.7 Å². The Morgan fingerprint density at radius 2 is 0.560 bits per heavy atom. The second-order valence-electron chi connectivity index (χ2n) is 19.9. The van der Waals surface area contributed by atoms with Crippen molar-refractivity contribution in [2.75, 3.05) is 11.9 Å². The summed E-state index contributed by atoms with van der Waals surface area (Å²) in [6.07, 6.45) is 0. The van der Waals surface area contributed by atoms with E-state index in [9.17, 15) is 38.4 Å². The fraction of sp³-hybridized carbons (Fsp3) is 0.0476. The first-order valence-electron chi connectivity index (χ1n) is 24.4. The zero-order valence-electron chi connectivity index (χ0n) is 39.4. The number of fused-ring (bicyclic) bond motifs is 4. The highest BCUT2D eigenvalue weighted by molar-refractivity contribution is 6.45. The van der Waals surface area contributed by atoms with E-state index in [-0.39, 0.29) is 24.9 Å². The monoisotopic (exact) mass is 972 g/mol. The van der Waals surface area contributed by atoms with Gasteiger partial charge in [0.05, 0.1) is 18.8 Å². The highest BCUT2D eigenvalue weighted by Gasteiger charge is 2.40. The van der Waals surface area contributed by atoms with Crippen molar-refractivity contribution in [3.8, 4) is 0 Å². The highest BCUT2D eigenvalue weighted by Crippen LogP contribution is 2.49. The summed E-state index contributed by atoms with van der Waals surface area (Å²) in [6.45, 7) is -0.141. The molecule has 0 unspecified atom stereocenters. The van der Waals surface area contributed by atoms with Crippen LogP contribution in [0.1, 0.15) is 94.0 Å². The molecule has 0 aromatic heterocycles. The lowest BCUT2D eigenvalue weighted by Crippen LogP contribution is -2.40. The SMILES string of the molecule is CN1C(=O)c2ccc3c4ccc5c6c(ccc(c7ccc(c2c37)C1=O)c64)C(=O)N(Cc1cccc(CN2C(=O)c3ccc4c6ccc7c8c(ccc(c9ccc(c3c49)C2=O)c86)C(=O)N(c2ccccc2)C7=O)c1)C5=O. The summed E-state index contributed by atoms with van der Waals surface area (Å²) in [4.78, 5) is 118. The van der Waals surface area contributed by atoms with E-state index in [1.54, 1.807) is 97.1 Å². The summed E-state index contributed by atoms with van der Waals surface area (Å²) in [5.41, 5.74) is 4.92. The van der Waals surface area contributed by atoms with Gasteiger partial charge in [-0.3, -0.25) is 53.1 Å². The van der Waals surface area contributed by atoms with E-state index < -0.39 is 35.4 Å². The van der Waals surface area contributed by atoms with Gasteiger partial charge < -0.3 is 0 Å². The summed E-state index contributed by atoms with van der Waals surface area (Å²) in [5.74, 6) is -3.43. The number of imide groups is 4. The number of carbonyl (C=O) groups is 8. The Morgan fingerprint density at radius 3 is 0.867 bits per heavy atom. The predicted molar refractivity (Wildman–Crippen MR) is 284 cm³/mol. The van der Waals surface area contributed by atoms with Crippen LogP contribution < -0.4 is 4.90 Å². The normalized spacial score (nSPS) is 15.5. The third-order valence-corrected chi connectivity index (χ3v) is 16.3. The van der Waals surface area contributed by atoms with Gasteiger partial charge in [0.1, 0.15) is 0 Å². The molecule has 0 fully saturated rings. The standard InChI is InChI=1S/C63H32N4O8/c1-64-56(68)40-18-10-32-34-12-20-42-53-43(21-13-35(49(34)53)33-11-19-41(57(64)69)52(40)48(32)33)59(71)65(58(42)70)27-29-6-5-7-30(26-29)28-66-60(72)44-22-14-36-38-16-24-46-55-47(63(75)67(62(46)74)31-8-3-2-4-9-31)25-17-39(51(38)55)37-15-23-45(61(66)73)54(44)50(36)37/h2-26H,27-28H2,1H3. The third-order valence-electron chi connectivity index (χ3n) is 16.3. The second kappa shape index (κ2) is 14.1. The molecule has 0 bridgehead atoms. The molecule has 0 saturated heterocycles. The molecule has 0 radical (unpaired) electrons. The molecule has 0 saturated carbocycles. The van der Waals surface area contributed by atoms with Crippen LogP contribution in [0.25, 0.3) is 86.2 Å². The number of nitrogens with zero attached hydrogens (tertiary/aromatic N) is 4. The van der Waals surface area contributed by atoms with E-state index in [0.717, 1.165) is 69.5 Å². The first-order valence-corrected chi connectivity index (χ1v) is 24.4. The van der Waals surface area contributed by atoms with Gasteiger partial charge in [-0.2, -0.15) is 0 Å². The van der Waals surface area contributed by atoms with Crippen LogP contribution >= 0.6 is 0 Å². The minimum Gasteiger partial charge on any atom is -0.277 e. The number of anilines is 1. The van der Waals surface area contributed by atoms with Crippen LogP contribution in [0.3, 0.4) is 0 Å². The zero-order chi connectivity index (χ0) is 50.6. The summed E-state index contributed by atoms with van der Waals surface area (Å²) in [7, 11) is 1.48. The molecule has 4 aliphatic rings. The molecular weight excluding hydrogens is 941 g/mol. The van der Waals surface area contributed by atoms with Gasteiger partial charge in [-0.15, -0.1) is 0 Å². The number of carbonyl (C=O) groups excluding carboxylic acids is 8. The fourth-order valence-electron chi connectivity index (χ4n) is 13.0. The molecule has 12 aromatic rings. The van der Waals surface area contributed by atoms with Crippen molar-refractivity contribution in [1.29, 1.82) is 0 Å². The summed E-state index contributed by atoms with van der Waals surface area (Å²) in [5, 5.41) is 11.7. The van der Waals surface area contributed by atoms with E-state index in [2.05, 4.69) is 0 Å². The molecule has 75 heavy (non-hydrogen) atoms. The Kier molecular flexibility index (Phi) is 7.76.